The molecule has 0 fully saturated rings. The Labute approximate surface area is 171 Å². The Morgan fingerprint density at radius 2 is 1.93 bits per heavy atom. The van der Waals surface area contributed by atoms with E-state index in [9.17, 15) is 4.79 Å². The quantitative estimate of drug-likeness (QED) is 0.634. The van der Waals surface area contributed by atoms with E-state index in [1.165, 1.54) is 0 Å². The number of anilines is 2. The molecule has 0 saturated carbocycles. The number of amides is 1. The number of pyridine rings is 1. The minimum Gasteiger partial charge on any atom is -0.497 e. The molecule has 0 aliphatic rings. The van der Waals surface area contributed by atoms with Crippen molar-refractivity contribution in [2.24, 2.45) is 0 Å². The van der Waals surface area contributed by atoms with Crippen molar-refractivity contribution in [1.29, 1.82) is 0 Å². The van der Waals surface area contributed by atoms with E-state index in [4.69, 9.17) is 4.74 Å². The molecule has 7 heteroatoms. The maximum absolute atomic E-state index is 13.0. The number of nitrogens with zero attached hydrogens (tertiary/aromatic N) is 4. The van der Waals surface area contributed by atoms with E-state index < -0.39 is 0 Å². The average molecular weight is 396 g/mol. The van der Waals surface area contributed by atoms with E-state index in [-0.39, 0.29) is 5.91 Å². The van der Waals surface area contributed by atoms with Crippen LogP contribution in [-0.2, 0) is 0 Å². The van der Waals surface area contributed by atoms with Crippen LogP contribution in [-0.4, -0.2) is 68.7 Å². The van der Waals surface area contributed by atoms with Crippen LogP contribution in [0, 0.1) is 0 Å². The fourth-order valence-corrected chi connectivity index (χ4v) is 3.27. The van der Waals surface area contributed by atoms with E-state index in [1.54, 1.807) is 24.4 Å². The number of nitrogens with one attached hydrogen (secondary N) is 1. The second-order valence-corrected chi connectivity index (χ2v) is 7.12. The molecule has 0 spiro atoms. The highest BCUT2D eigenvalue weighted by Gasteiger charge is 2.18. The Morgan fingerprint density at radius 3 is 2.66 bits per heavy atom. The molecule has 3 rings (SSSR count). The van der Waals surface area contributed by atoms with Crippen LogP contribution in [0.2, 0.25) is 0 Å². The molecular weight excluding hydrogens is 366 g/mol. The number of aromatic nitrogens is 2. The van der Waals surface area contributed by atoms with Crippen LogP contribution >= 0.6 is 0 Å². The first-order valence-electron chi connectivity index (χ1n) is 9.74. The van der Waals surface area contributed by atoms with Gasteiger partial charge >= 0.3 is 0 Å². The maximum Gasteiger partial charge on any atom is 0.255 e. The van der Waals surface area contributed by atoms with Crippen LogP contribution in [0.5, 0.6) is 5.75 Å². The number of H-pyrrole nitrogens is 1. The summed E-state index contributed by atoms with van der Waals surface area (Å²) >= 11 is 0. The second kappa shape index (κ2) is 8.86. The van der Waals surface area contributed by atoms with Gasteiger partial charge in [-0.3, -0.25) is 4.79 Å². The predicted molar refractivity (Wildman–Crippen MR) is 118 cm³/mol. The fraction of sp³-hybridized carbons (Fsp3) is 0.364. The normalized spacial score (nSPS) is 10.8. The minimum atomic E-state index is -0.0233. The van der Waals surface area contributed by atoms with Gasteiger partial charge in [0.25, 0.3) is 5.91 Å². The van der Waals surface area contributed by atoms with Crippen LogP contribution < -0.4 is 14.5 Å². The molecule has 0 aliphatic carbocycles. The minimum absolute atomic E-state index is 0.0233. The van der Waals surface area contributed by atoms with E-state index in [2.05, 4.69) is 39.8 Å². The van der Waals surface area contributed by atoms with Crippen LogP contribution in [0.25, 0.3) is 10.9 Å². The van der Waals surface area contributed by atoms with Gasteiger partial charge in [0.05, 0.1) is 18.4 Å². The van der Waals surface area contributed by atoms with Crippen LogP contribution in [0.4, 0.5) is 11.5 Å². The molecule has 1 amide bonds. The SMILES string of the molecule is CCN(C)c1cccnc1N(C)CCN(C)C(=O)c1c[nH]c2ccc(OC)cc12. The number of aromatic amines is 1. The van der Waals surface area contributed by atoms with Gasteiger partial charge in [0, 0.05) is 64.1 Å². The first kappa shape index (κ1) is 20.5. The number of fused-ring (bicyclic) bond motifs is 1. The Kier molecular flexibility index (Phi) is 6.26. The van der Waals surface area contributed by atoms with Gasteiger partial charge in [0.1, 0.15) is 5.75 Å². The van der Waals surface area contributed by atoms with Crippen LogP contribution in [0.1, 0.15) is 17.3 Å². The summed E-state index contributed by atoms with van der Waals surface area (Å²) in [5.41, 5.74) is 2.64. The second-order valence-electron chi connectivity index (χ2n) is 7.12. The first-order chi connectivity index (χ1) is 14.0. The smallest absolute Gasteiger partial charge is 0.255 e. The summed E-state index contributed by atoms with van der Waals surface area (Å²) in [4.78, 5) is 26.7. The fourth-order valence-electron chi connectivity index (χ4n) is 3.27. The number of methoxy groups -OCH3 is 1. The zero-order chi connectivity index (χ0) is 21.0. The van der Waals surface area contributed by atoms with Crippen LogP contribution in [0.3, 0.4) is 0 Å². The van der Waals surface area contributed by atoms with Crippen molar-refractivity contribution in [3.63, 3.8) is 0 Å². The van der Waals surface area contributed by atoms with Gasteiger partial charge in [-0.05, 0) is 37.3 Å². The molecule has 0 atom stereocenters. The lowest BCUT2D eigenvalue weighted by molar-refractivity contribution is 0.0801. The third-order valence-electron chi connectivity index (χ3n) is 5.25. The lowest BCUT2D eigenvalue weighted by Gasteiger charge is -2.27. The third kappa shape index (κ3) is 4.29. The topological polar surface area (TPSA) is 64.7 Å². The molecule has 29 heavy (non-hydrogen) atoms. The van der Waals surface area contributed by atoms with Crippen molar-refractivity contribution in [3.8, 4) is 5.75 Å². The monoisotopic (exact) mass is 395 g/mol. The number of carbonyl (C=O) groups is 1. The number of carbonyl (C=O) groups excluding carboxylic acids is 1. The molecule has 0 saturated heterocycles. The van der Waals surface area contributed by atoms with Gasteiger partial charge in [-0.1, -0.05) is 0 Å². The van der Waals surface area contributed by atoms with Crippen molar-refractivity contribution in [2.45, 2.75) is 6.92 Å². The third-order valence-corrected chi connectivity index (χ3v) is 5.25. The van der Waals surface area contributed by atoms with E-state index in [0.717, 1.165) is 34.7 Å². The highest BCUT2D eigenvalue weighted by atomic mass is 16.5. The number of hydrogen-bond acceptors (Lipinski definition) is 5. The molecule has 2 aromatic heterocycles. The highest BCUT2D eigenvalue weighted by Crippen LogP contribution is 2.26. The standard InChI is InChI=1S/C22H29N5O2/c1-6-25(2)20-8-7-11-23-21(20)26(3)12-13-27(4)22(28)18-15-24-19-10-9-16(29-5)14-17(18)19/h7-11,14-15,24H,6,12-13H2,1-5H3. The van der Waals surface area contributed by atoms with Gasteiger partial charge < -0.3 is 24.4 Å². The lowest BCUT2D eigenvalue weighted by atomic mass is 10.1. The van der Waals surface area contributed by atoms with Gasteiger partial charge in [0.2, 0.25) is 0 Å². The Morgan fingerprint density at radius 1 is 1.14 bits per heavy atom. The predicted octanol–water partition coefficient (Wildman–Crippen LogP) is 3.24. The summed E-state index contributed by atoms with van der Waals surface area (Å²) in [6.07, 6.45) is 3.56. The molecule has 1 aromatic carbocycles. The molecule has 1 N–H and O–H groups in total. The Hall–Kier alpha value is -3.22. The molecule has 0 radical (unpaired) electrons. The van der Waals surface area contributed by atoms with Crippen molar-refractivity contribution in [3.05, 3.63) is 48.3 Å². The summed E-state index contributed by atoms with van der Waals surface area (Å²) < 4.78 is 5.30. The van der Waals surface area contributed by atoms with Crippen molar-refractivity contribution in [1.82, 2.24) is 14.9 Å². The van der Waals surface area contributed by atoms with Crippen LogP contribution in [0.15, 0.2) is 42.7 Å². The number of hydrogen-bond donors (Lipinski definition) is 1. The number of likely N-dealkylation sites (N-methyl/N-ethyl adjacent to an activating group) is 2. The summed E-state index contributed by atoms with van der Waals surface area (Å²) in [6.45, 7) is 4.27. The molecule has 0 bridgehead atoms. The highest BCUT2D eigenvalue weighted by molar-refractivity contribution is 6.07. The van der Waals surface area contributed by atoms with Gasteiger partial charge in [-0.25, -0.2) is 4.98 Å². The number of benzene rings is 1. The molecule has 154 valence electrons. The summed E-state index contributed by atoms with van der Waals surface area (Å²) in [5, 5.41) is 0.867. The van der Waals surface area contributed by atoms with Gasteiger partial charge in [0.15, 0.2) is 5.82 Å². The summed E-state index contributed by atoms with van der Waals surface area (Å²) in [6, 6.07) is 9.70. The molecular formula is C22H29N5O2. The van der Waals surface area contributed by atoms with E-state index >= 15 is 0 Å². The Bertz CT molecular complexity index is 984. The zero-order valence-electron chi connectivity index (χ0n) is 17.8. The molecule has 0 aliphatic heterocycles. The van der Waals surface area contributed by atoms with Gasteiger partial charge in [-0.2, -0.15) is 0 Å². The first-order valence-corrected chi connectivity index (χ1v) is 9.74. The zero-order valence-corrected chi connectivity index (χ0v) is 17.8. The van der Waals surface area contributed by atoms with Gasteiger partial charge in [-0.15, -0.1) is 0 Å². The summed E-state index contributed by atoms with van der Waals surface area (Å²) in [7, 11) is 7.51. The number of rotatable bonds is 8. The molecule has 2 heterocycles. The largest absolute Gasteiger partial charge is 0.497 e. The van der Waals surface area contributed by atoms with Crippen molar-refractivity contribution in [2.75, 3.05) is 57.7 Å². The van der Waals surface area contributed by atoms with Crippen molar-refractivity contribution < 1.29 is 9.53 Å². The molecule has 0 unspecified atom stereocenters. The lowest BCUT2D eigenvalue weighted by Crippen LogP contribution is -2.35. The molecule has 3 aromatic rings. The maximum atomic E-state index is 13.0. The van der Waals surface area contributed by atoms with E-state index in [0.29, 0.717) is 18.7 Å². The molecule has 7 nitrogen and oxygen atoms in total. The van der Waals surface area contributed by atoms with E-state index in [1.807, 2.05) is 38.4 Å². The average Bonchev–Trinajstić information content (AvgIpc) is 3.19. The summed E-state index contributed by atoms with van der Waals surface area (Å²) in [5.74, 6) is 1.62. The van der Waals surface area contributed by atoms with Crippen molar-refractivity contribution >= 4 is 28.3 Å². The number of ether oxygens (including phenoxy) is 1. The Balaban J connectivity index is 1.71.